The zero-order valence-corrected chi connectivity index (χ0v) is 20.7. The van der Waals surface area contributed by atoms with Crippen molar-refractivity contribution in [3.8, 4) is 0 Å². The van der Waals surface area contributed by atoms with Crippen LogP contribution in [-0.2, 0) is 19.4 Å². The molecule has 2 heterocycles. The smallest absolute Gasteiger partial charge is 0.251 e. The van der Waals surface area contributed by atoms with E-state index >= 15 is 0 Å². The first-order chi connectivity index (χ1) is 14.6. The Hall–Kier alpha value is -2.36. The van der Waals surface area contributed by atoms with E-state index in [9.17, 15) is 4.79 Å². The average molecular weight is 414 g/mol. The molecule has 1 aliphatic rings. The van der Waals surface area contributed by atoms with Gasteiger partial charge in [0.25, 0.3) is 5.91 Å². The first-order valence-electron chi connectivity index (χ1n) is 11.7. The van der Waals surface area contributed by atoms with Crippen molar-refractivity contribution in [3.63, 3.8) is 0 Å². The van der Waals surface area contributed by atoms with Crippen LogP contribution in [0.25, 0.3) is 0 Å². The predicted molar refractivity (Wildman–Crippen MR) is 132 cm³/mol. The van der Waals surface area contributed by atoms with Crippen LogP contribution in [0.4, 0.5) is 5.82 Å². The second kappa shape index (κ2) is 15.5. The maximum Gasteiger partial charge on any atom is 0.251 e. The molecular weight excluding hydrogens is 370 g/mol. The van der Waals surface area contributed by atoms with Gasteiger partial charge in [-0.2, -0.15) is 0 Å². The maximum atomic E-state index is 12.2. The number of pyridine rings is 1. The molecule has 3 rings (SSSR count). The van der Waals surface area contributed by atoms with Gasteiger partial charge in [-0.1, -0.05) is 73.1 Å². The summed E-state index contributed by atoms with van der Waals surface area (Å²) in [4.78, 5) is 19.2. The van der Waals surface area contributed by atoms with Gasteiger partial charge in [-0.25, -0.2) is 4.98 Å². The Morgan fingerprint density at radius 1 is 1.07 bits per heavy atom. The molecule has 4 nitrogen and oxygen atoms in total. The Morgan fingerprint density at radius 3 is 2.30 bits per heavy atom. The molecule has 0 saturated heterocycles. The Morgan fingerprint density at radius 2 is 1.73 bits per heavy atom. The number of benzene rings is 1. The van der Waals surface area contributed by atoms with E-state index in [0.29, 0.717) is 0 Å². The molecule has 4 heteroatoms. The summed E-state index contributed by atoms with van der Waals surface area (Å²) in [6, 6.07) is 10.3. The fourth-order valence-electron chi connectivity index (χ4n) is 3.41. The number of carbonyl (C=O) groups is 1. The van der Waals surface area contributed by atoms with Gasteiger partial charge in [0, 0.05) is 31.4 Å². The van der Waals surface area contributed by atoms with Gasteiger partial charge >= 0.3 is 0 Å². The lowest BCUT2D eigenvalue weighted by molar-refractivity contribution is 0.0962. The number of anilines is 1. The van der Waals surface area contributed by atoms with E-state index in [2.05, 4.69) is 42.3 Å². The molecule has 168 valence electrons. The summed E-state index contributed by atoms with van der Waals surface area (Å²) in [5.74, 6) is 0.987. The third-order valence-electron chi connectivity index (χ3n) is 4.77. The summed E-state index contributed by atoms with van der Waals surface area (Å²) >= 11 is 0. The van der Waals surface area contributed by atoms with Gasteiger partial charge in [-0.3, -0.25) is 4.79 Å². The molecule has 0 unspecified atom stereocenters. The highest BCUT2D eigenvalue weighted by atomic mass is 16.1. The van der Waals surface area contributed by atoms with Crippen molar-refractivity contribution in [2.24, 2.45) is 0 Å². The van der Waals surface area contributed by atoms with Gasteiger partial charge in [-0.05, 0) is 48.6 Å². The number of hydrogen-bond donors (Lipinski definition) is 1. The molecule has 0 bridgehead atoms. The molecule has 0 atom stereocenters. The van der Waals surface area contributed by atoms with Crippen LogP contribution in [0, 0.1) is 6.92 Å². The minimum Gasteiger partial charge on any atom is -0.355 e. The number of nitrogens with zero attached hydrogens (tertiary/aromatic N) is 2. The first-order valence-corrected chi connectivity index (χ1v) is 11.7. The third-order valence-corrected chi connectivity index (χ3v) is 4.77. The van der Waals surface area contributed by atoms with Gasteiger partial charge in [0.15, 0.2) is 0 Å². The van der Waals surface area contributed by atoms with E-state index in [1.54, 1.807) is 7.05 Å². The van der Waals surface area contributed by atoms with Gasteiger partial charge in [0.05, 0.1) is 0 Å². The summed E-state index contributed by atoms with van der Waals surface area (Å²) in [7, 11) is 1.68. The van der Waals surface area contributed by atoms with Crippen molar-refractivity contribution >= 4 is 11.7 Å². The predicted octanol–water partition coefficient (Wildman–Crippen LogP) is 6.34. The van der Waals surface area contributed by atoms with Gasteiger partial charge in [0.1, 0.15) is 5.82 Å². The van der Waals surface area contributed by atoms with Crippen LogP contribution in [0.1, 0.15) is 87.6 Å². The van der Waals surface area contributed by atoms with Gasteiger partial charge in [0.2, 0.25) is 0 Å². The zero-order valence-electron chi connectivity index (χ0n) is 20.7. The topological polar surface area (TPSA) is 45.2 Å². The molecule has 1 aromatic heterocycles. The van der Waals surface area contributed by atoms with Crippen LogP contribution in [-0.4, -0.2) is 24.5 Å². The van der Waals surface area contributed by atoms with Crippen LogP contribution < -0.4 is 10.2 Å². The van der Waals surface area contributed by atoms with Crippen molar-refractivity contribution in [2.45, 2.75) is 81.2 Å². The van der Waals surface area contributed by atoms with Crippen molar-refractivity contribution in [2.75, 3.05) is 18.5 Å². The van der Waals surface area contributed by atoms with Crippen LogP contribution in [0.3, 0.4) is 0 Å². The number of amides is 1. The Balaban J connectivity index is 0.00000129. The van der Waals surface area contributed by atoms with Crippen LogP contribution in [0.15, 0.2) is 30.3 Å². The lowest BCUT2D eigenvalue weighted by Crippen LogP contribution is -2.33. The molecule has 0 saturated carbocycles. The van der Waals surface area contributed by atoms with Crippen LogP contribution >= 0.6 is 0 Å². The quantitative estimate of drug-likeness (QED) is 0.636. The second-order valence-corrected chi connectivity index (χ2v) is 6.36. The lowest BCUT2D eigenvalue weighted by Gasteiger charge is -2.31. The third kappa shape index (κ3) is 7.16. The molecule has 0 aliphatic carbocycles. The van der Waals surface area contributed by atoms with E-state index < -0.39 is 0 Å². The minimum atomic E-state index is -0.0175. The molecule has 1 aromatic carbocycles. The van der Waals surface area contributed by atoms with E-state index in [-0.39, 0.29) is 5.91 Å². The van der Waals surface area contributed by atoms with Crippen molar-refractivity contribution in [3.05, 3.63) is 58.3 Å². The summed E-state index contributed by atoms with van der Waals surface area (Å²) in [5.41, 5.74) is 5.61. The number of aromatic nitrogens is 1. The number of nitrogens with one attached hydrogen (secondary N) is 1. The van der Waals surface area contributed by atoms with Gasteiger partial charge < -0.3 is 10.2 Å². The summed E-state index contributed by atoms with van der Waals surface area (Å²) in [6.07, 6.45) is 3.15. The first kappa shape index (κ1) is 27.6. The Labute approximate surface area is 185 Å². The molecule has 1 N–H and O–H groups in total. The molecule has 1 amide bonds. The van der Waals surface area contributed by atoms with Crippen molar-refractivity contribution in [1.82, 2.24) is 10.3 Å². The number of fused-ring (bicyclic) bond motifs is 1. The molecule has 2 aromatic rings. The van der Waals surface area contributed by atoms with E-state index in [1.165, 1.54) is 11.1 Å². The van der Waals surface area contributed by atoms with E-state index in [1.807, 2.05) is 53.7 Å². The normalized spacial score (nSPS) is 11.4. The monoisotopic (exact) mass is 413 g/mol. The number of carbonyl (C=O) groups excluding carboxylic acids is 1. The Kier molecular flexibility index (Phi) is 14.3. The molecule has 0 radical (unpaired) electrons. The zero-order chi connectivity index (χ0) is 23.1. The number of aryl methyl sites for hydroxylation is 2. The lowest BCUT2D eigenvalue weighted by atomic mass is 9.94. The largest absolute Gasteiger partial charge is 0.355 e. The highest BCUT2D eigenvalue weighted by Crippen LogP contribution is 2.26. The number of rotatable bonds is 4. The second-order valence-electron chi connectivity index (χ2n) is 6.36. The average Bonchev–Trinajstić information content (AvgIpc) is 2.83. The molecule has 30 heavy (non-hydrogen) atoms. The SMILES string of the molecule is CC.CC.CC.CCCc1ccc(N2CCc3cccc(C(=O)NC)c3C2)nc1C. The van der Waals surface area contributed by atoms with Gasteiger partial charge in [-0.15, -0.1) is 0 Å². The minimum absolute atomic E-state index is 0.0175. The summed E-state index contributed by atoms with van der Waals surface area (Å²) < 4.78 is 0. The molecule has 1 aliphatic heterocycles. The van der Waals surface area contributed by atoms with Crippen molar-refractivity contribution < 1.29 is 4.79 Å². The highest BCUT2D eigenvalue weighted by molar-refractivity contribution is 5.96. The molecule has 0 fully saturated rings. The summed E-state index contributed by atoms with van der Waals surface area (Å²) in [5, 5.41) is 2.74. The maximum absolute atomic E-state index is 12.2. The standard InChI is InChI=1S/C20H25N3O.3C2H6/c1-4-6-15-9-10-19(22-14(15)2)23-12-11-16-7-5-8-17(18(16)13-23)20(24)21-3;3*1-2/h5,7-10H,4,6,11-13H2,1-3H3,(H,21,24);3*1-2H3. The summed E-state index contributed by atoms with van der Waals surface area (Å²) in [6.45, 7) is 17.9. The fourth-order valence-corrected chi connectivity index (χ4v) is 3.41. The highest BCUT2D eigenvalue weighted by Gasteiger charge is 2.22. The van der Waals surface area contributed by atoms with Crippen LogP contribution in [0.5, 0.6) is 0 Å². The van der Waals surface area contributed by atoms with Crippen molar-refractivity contribution in [1.29, 1.82) is 0 Å². The van der Waals surface area contributed by atoms with Crippen LogP contribution in [0.2, 0.25) is 0 Å². The molecular formula is C26H43N3O. The fraction of sp³-hybridized carbons (Fsp3) is 0.538. The number of hydrogen-bond acceptors (Lipinski definition) is 3. The van der Waals surface area contributed by atoms with E-state index in [0.717, 1.165) is 55.0 Å². The Bertz CT molecular complexity index is 756. The molecule has 0 spiro atoms. The van der Waals surface area contributed by atoms with E-state index in [4.69, 9.17) is 4.98 Å².